The highest BCUT2D eigenvalue weighted by Gasteiger charge is 2.39. The fourth-order valence-electron chi connectivity index (χ4n) is 4.21. The topological polar surface area (TPSA) is 69.6 Å². The molecule has 2 unspecified atom stereocenters. The van der Waals surface area contributed by atoms with Crippen LogP contribution in [-0.4, -0.2) is 47.1 Å². The third kappa shape index (κ3) is 2.68. The second-order valence-corrected chi connectivity index (χ2v) is 6.90. The van der Waals surface area contributed by atoms with Gasteiger partial charge in [0.2, 0.25) is 5.91 Å². The first-order chi connectivity index (χ1) is 9.52. The van der Waals surface area contributed by atoms with Crippen LogP contribution in [0.2, 0.25) is 0 Å². The molecule has 5 heteroatoms. The van der Waals surface area contributed by atoms with E-state index < -0.39 is 5.97 Å². The second kappa shape index (κ2) is 5.35. The quantitative estimate of drug-likeness (QED) is 0.812. The average molecular weight is 280 g/mol. The normalized spacial score (nSPS) is 40.0. The molecule has 2 bridgehead atoms. The second-order valence-electron chi connectivity index (χ2n) is 6.90. The van der Waals surface area contributed by atoms with Crippen molar-refractivity contribution in [3.05, 3.63) is 0 Å². The summed E-state index contributed by atoms with van der Waals surface area (Å²) >= 11 is 0. The number of hydrogen-bond acceptors (Lipinski definition) is 3. The molecule has 3 saturated heterocycles. The molecule has 3 aliphatic heterocycles. The first-order valence-electron chi connectivity index (χ1n) is 7.79. The molecule has 3 rings (SSSR count). The first-order valence-corrected chi connectivity index (χ1v) is 7.79. The van der Waals surface area contributed by atoms with Crippen LogP contribution in [0.3, 0.4) is 0 Å². The molecule has 0 aromatic rings. The van der Waals surface area contributed by atoms with E-state index in [0.717, 1.165) is 12.8 Å². The van der Waals surface area contributed by atoms with E-state index in [0.29, 0.717) is 37.5 Å². The highest BCUT2D eigenvalue weighted by atomic mass is 16.4. The SMILES string of the molecule is C[C@@H]1CN(C(=O)CC2CC3CCC(C2)N3)C[C@H]1C(=O)O. The van der Waals surface area contributed by atoms with Crippen LogP contribution in [0.25, 0.3) is 0 Å². The van der Waals surface area contributed by atoms with Crippen LogP contribution in [0.5, 0.6) is 0 Å². The summed E-state index contributed by atoms with van der Waals surface area (Å²) in [6, 6.07) is 1.21. The van der Waals surface area contributed by atoms with Gasteiger partial charge >= 0.3 is 5.97 Å². The summed E-state index contributed by atoms with van der Waals surface area (Å²) in [5, 5.41) is 12.7. The Labute approximate surface area is 119 Å². The third-order valence-corrected chi connectivity index (χ3v) is 5.32. The Balaban J connectivity index is 1.54. The molecule has 0 spiro atoms. The van der Waals surface area contributed by atoms with Gasteiger partial charge in [-0.05, 0) is 37.5 Å². The fraction of sp³-hybridized carbons (Fsp3) is 0.867. The monoisotopic (exact) mass is 280 g/mol. The van der Waals surface area contributed by atoms with E-state index in [-0.39, 0.29) is 17.7 Å². The Morgan fingerprint density at radius 1 is 1.20 bits per heavy atom. The molecule has 4 atom stereocenters. The van der Waals surface area contributed by atoms with Gasteiger partial charge in [0.25, 0.3) is 0 Å². The number of amides is 1. The van der Waals surface area contributed by atoms with Crippen LogP contribution in [0.4, 0.5) is 0 Å². The molecule has 20 heavy (non-hydrogen) atoms. The number of likely N-dealkylation sites (tertiary alicyclic amines) is 1. The van der Waals surface area contributed by atoms with Crippen LogP contribution >= 0.6 is 0 Å². The Bertz CT molecular complexity index is 400. The Morgan fingerprint density at radius 3 is 2.40 bits per heavy atom. The lowest BCUT2D eigenvalue weighted by Crippen LogP contribution is -2.40. The minimum absolute atomic E-state index is 0.0700. The number of nitrogens with zero attached hydrogens (tertiary/aromatic N) is 1. The number of carboxylic acids is 1. The largest absolute Gasteiger partial charge is 0.481 e. The minimum Gasteiger partial charge on any atom is -0.481 e. The van der Waals surface area contributed by atoms with Crippen molar-refractivity contribution in [3.8, 4) is 0 Å². The van der Waals surface area contributed by atoms with E-state index in [1.807, 2.05) is 6.92 Å². The molecule has 0 aliphatic carbocycles. The molecule has 0 saturated carbocycles. The average Bonchev–Trinajstić information content (AvgIpc) is 2.93. The molecule has 112 valence electrons. The zero-order valence-corrected chi connectivity index (χ0v) is 12.0. The minimum atomic E-state index is -0.771. The Hall–Kier alpha value is -1.10. The van der Waals surface area contributed by atoms with Gasteiger partial charge in [0.15, 0.2) is 0 Å². The van der Waals surface area contributed by atoms with Gasteiger partial charge in [0, 0.05) is 31.6 Å². The lowest BCUT2D eigenvalue weighted by atomic mass is 9.89. The predicted octanol–water partition coefficient (Wildman–Crippen LogP) is 1.09. The number of hydrogen-bond donors (Lipinski definition) is 2. The van der Waals surface area contributed by atoms with Gasteiger partial charge in [-0.25, -0.2) is 0 Å². The summed E-state index contributed by atoms with van der Waals surface area (Å²) in [6.07, 6.45) is 5.31. The van der Waals surface area contributed by atoms with Gasteiger partial charge in [0.05, 0.1) is 5.92 Å². The lowest BCUT2D eigenvalue weighted by Gasteiger charge is -2.29. The first kappa shape index (κ1) is 13.9. The smallest absolute Gasteiger partial charge is 0.308 e. The van der Waals surface area contributed by atoms with Crippen LogP contribution in [-0.2, 0) is 9.59 Å². The molecule has 3 heterocycles. The van der Waals surface area contributed by atoms with Crippen molar-refractivity contribution < 1.29 is 14.7 Å². The molecule has 0 aromatic heterocycles. The van der Waals surface area contributed by atoms with Crippen molar-refractivity contribution in [2.75, 3.05) is 13.1 Å². The Kier molecular flexibility index (Phi) is 3.71. The number of piperidine rings is 1. The van der Waals surface area contributed by atoms with E-state index in [4.69, 9.17) is 5.11 Å². The zero-order chi connectivity index (χ0) is 14.3. The molecule has 3 fully saturated rings. The van der Waals surface area contributed by atoms with E-state index >= 15 is 0 Å². The van der Waals surface area contributed by atoms with E-state index in [1.165, 1.54) is 12.8 Å². The number of rotatable bonds is 3. The van der Waals surface area contributed by atoms with Gasteiger partial charge in [-0.15, -0.1) is 0 Å². The number of nitrogens with one attached hydrogen (secondary N) is 1. The summed E-state index contributed by atoms with van der Waals surface area (Å²) in [7, 11) is 0. The van der Waals surface area contributed by atoms with Crippen molar-refractivity contribution in [1.82, 2.24) is 10.2 Å². The van der Waals surface area contributed by atoms with Gasteiger partial charge in [-0.1, -0.05) is 6.92 Å². The van der Waals surface area contributed by atoms with Crippen LogP contribution < -0.4 is 5.32 Å². The molecular weight excluding hydrogens is 256 g/mol. The molecular formula is C15H24N2O3. The molecule has 0 aromatic carbocycles. The summed E-state index contributed by atoms with van der Waals surface area (Å²) in [5.74, 6) is -0.441. The standard InChI is InChI=1S/C15H24N2O3/c1-9-7-17(8-13(9)15(19)20)14(18)6-10-4-11-2-3-12(5-10)16-11/h9-13,16H,2-8H2,1H3,(H,19,20)/t9-,10?,11?,12?,13-/m1/s1. The molecule has 3 aliphatic rings. The van der Waals surface area contributed by atoms with Crippen molar-refractivity contribution in [3.63, 3.8) is 0 Å². The summed E-state index contributed by atoms with van der Waals surface area (Å²) in [6.45, 7) is 2.93. The van der Waals surface area contributed by atoms with Gasteiger partial charge in [-0.2, -0.15) is 0 Å². The van der Waals surface area contributed by atoms with Crippen LogP contribution in [0.1, 0.15) is 39.0 Å². The summed E-state index contributed by atoms with van der Waals surface area (Å²) in [5.41, 5.74) is 0. The maximum Gasteiger partial charge on any atom is 0.308 e. The maximum absolute atomic E-state index is 12.4. The molecule has 2 N–H and O–H groups in total. The fourth-order valence-corrected chi connectivity index (χ4v) is 4.21. The van der Waals surface area contributed by atoms with Gasteiger partial charge in [-0.3, -0.25) is 9.59 Å². The Morgan fingerprint density at radius 2 is 1.85 bits per heavy atom. The van der Waals surface area contributed by atoms with Crippen molar-refractivity contribution in [1.29, 1.82) is 0 Å². The molecule has 5 nitrogen and oxygen atoms in total. The van der Waals surface area contributed by atoms with Crippen LogP contribution in [0, 0.1) is 17.8 Å². The predicted molar refractivity (Wildman–Crippen MR) is 74.2 cm³/mol. The van der Waals surface area contributed by atoms with E-state index in [1.54, 1.807) is 4.90 Å². The van der Waals surface area contributed by atoms with E-state index in [2.05, 4.69) is 5.32 Å². The highest BCUT2D eigenvalue weighted by molar-refractivity contribution is 5.79. The number of carbonyl (C=O) groups is 2. The summed E-state index contributed by atoms with van der Waals surface area (Å²) in [4.78, 5) is 25.3. The number of carboxylic acid groups (broad SMARTS) is 1. The summed E-state index contributed by atoms with van der Waals surface area (Å²) < 4.78 is 0. The van der Waals surface area contributed by atoms with Crippen molar-refractivity contribution >= 4 is 11.9 Å². The van der Waals surface area contributed by atoms with Crippen LogP contribution in [0.15, 0.2) is 0 Å². The highest BCUT2D eigenvalue weighted by Crippen LogP contribution is 2.33. The lowest BCUT2D eigenvalue weighted by molar-refractivity contribution is -0.142. The number of fused-ring (bicyclic) bond motifs is 2. The van der Waals surface area contributed by atoms with E-state index in [9.17, 15) is 9.59 Å². The third-order valence-electron chi connectivity index (χ3n) is 5.32. The molecule has 1 amide bonds. The van der Waals surface area contributed by atoms with Gasteiger partial charge in [0.1, 0.15) is 0 Å². The molecule has 0 radical (unpaired) electrons. The van der Waals surface area contributed by atoms with Crippen molar-refractivity contribution in [2.45, 2.75) is 51.1 Å². The number of aliphatic carboxylic acids is 1. The van der Waals surface area contributed by atoms with Crippen molar-refractivity contribution in [2.24, 2.45) is 17.8 Å². The maximum atomic E-state index is 12.4. The zero-order valence-electron chi connectivity index (χ0n) is 12.0. The number of carbonyl (C=O) groups excluding carboxylic acids is 1. The van der Waals surface area contributed by atoms with Gasteiger partial charge < -0.3 is 15.3 Å².